The SMILES string of the molecule is CCCc1nc2ccccc2c(C(=O)OCC(=O)C23CC4CC(CC(C4)C2)C3)c1CC. The lowest BCUT2D eigenvalue weighted by Gasteiger charge is -2.55. The van der Waals surface area contributed by atoms with Crippen LogP contribution >= 0.6 is 0 Å². The Morgan fingerprint density at radius 2 is 1.68 bits per heavy atom. The Labute approximate surface area is 184 Å². The molecule has 0 radical (unpaired) electrons. The second-order valence-electron chi connectivity index (χ2n) is 10.2. The van der Waals surface area contributed by atoms with Crippen molar-refractivity contribution < 1.29 is 14.3 Å². The minimum Gasteiger partial charge on any atom is -0.454 e. The van der Waals surface area contributed by atoms with Crippen molar-refractivity contribution in [3.8, 4) is 0 Å². The fourth-order valence-corrected chi connectivity index (χ4v) is 7.17. The lowest BCUT2D eigenvalue weighted by Crippen LogP contribution is -2.51. The number of rotatable bonds is 7. The van der Waals surface area contributed by atoms with Crippen molar-refractivity contribution in [3.05, 3.63) is 41.1 Å². The summed E-state index contributed by atoms with van der Waals surface area (Å²) in [7, 11) is 0. The number of fused-ring (bicyclic) bond motifs is 1. The molecule has 31 heavy (non-hydrogen) atoms. The van der Waals surface area contributed by atoms with E-state index >= 15 is 0 Å². The van der Waals surface area contributed by atoms with Gasteiger partial charge in [0.25, 0.3) is 0 Å². The summed E-state index contributed by atoms with van der Waals surface area (Å²) in [5.74, 6) is 1.91. The minimum absolute atomic E-state index is 0.0894. The van der Waals surface area contributed by atoms with Gasteiger partial charge in [-0.3, -0.25) is 9.78 Å². The number of benzene rings is 1. The van der Waals surface area contributed by atoms with Crippen LogP contribution in [0.5, 0.6) is 0 Å². The second kappa shape index (κ2) is 8.03. The number of carbonyl (C=O) groups excluding carboxylic acids is 2. The van der Waals surface area contributed by atoms with Crippen LogP contribution in [-0.4, -0.2) is 23.3 Å². The van der Waals surface area contributed by atoms with E-state index in [0.29, 0.717) is 23.3 Å². The van der Waals surface area contributed by atoms with Crippen LogP contribution in [0.25, 0.3) is 10.9 Å². The zero-order valence-corrected chi connectivity index (χ0v) is 18.8. The van der Waals surface area contributed by atoms with Crippen molar-refractivity contribution in [2.24, 2.45) is 23.2 Å². The summed E-state index contributed by atoms with van der Waals surface area (Å²) in [6.07, 6.45) is 9.45. The summed E-state index contributed by atoms with van der Waals surface area (Å²) in [4.78, 5) is 31.5. The molecule has 4 aliphatic rings. The number of pyridine rings is 1. The number of hydrogen-bond donors (Lipinski definition) is 0. The molecule has 0 N–H and O–H groups in total. The zero-order chi connectivity index (χ0) is 21.6. The number of aryl methyl sites for hydroxylation is 1. The molecule has 0 spiro atoms. The fraction of sp³-hybridized carbons (Fsp3) is 0.593. The van der Waals surface area contributed by atoms with Crippen molar-refractivity contribution in [2.75, 3.05) is 6.61 Å². The molecular formula is C27H33NO3. The number of nitrogens with zero attached hydrogens (tertiary/aromatic N) is 1. The van der Waals surface area contributed by atoms with Crippen LogP contribution < -0.4 is 0 Å². The number of carbonyl (C=O) groups is 2. The standard InChI is InChI=1S/C27H33NO3/c1-3-7-22-20(4-2)25(21-8-5-6-9-23(21)28-22)26(30)31-16-24(29)27-13-17-10-18(14-27)12-19(11-17)15-27/h5-6,8-9,17-19H,3-4,7,10-16H2,1-2H3. The van der Waals surface area contributed by atoms with Gasteiger partial charge in [-0.25, -0.2) is 4.79 Å². The van der Waals surface area contributed by atoms with E-state index in [9.17, 15) is 9.59 Å². The molecule has 4 saturated carbocycles. The summed E-state index contributed by atoms with van der Waals surface area (Å²) >= 11 is 0. The molecule has 0 aliphatic heterocycles. The largest absolute Gasteiger partial charge is 0.454 e. The second-order valence-corrected chi connectivity index (χ2v) is 10.2. The first-order valence-corrected chi connectivity index (χ1v) is 12.1. The molecule has 1 aromatic heterocycles. The predicted octanol–water partition coefficient (Wildman–Crippen LogP) is 5.69. The molecule has 0 amide bonds. The highest BCUT2D eigenvalue weighted by molar-refractivity contribution is 6.05. The summed E-state index contributed by atoms with van der Waals surface area (Å²) in [5.41, 5.74) is 3.14. The smallest absolute Gasteiger partial charge is 0.339 e. The van der Waals surface area contributed by atoms with E-state index in [1.54, 1.807) is 0 Å². The lowest BCUT2D eigenvalue weighted by atomic mass is 9.48. The van der Waals surface area contributed by atoms with Gasteiger partial charge in [0.1, 0.15) is 0 Å². The molecule has 0 atom stereocenters. The Bertz CT molecular complexity index is 989. The van der Waals surface area contributed by atoms with Gasteiger partial charge >= 0.3 is 5.97 Å². The zero-order valence-electron chi connectivity index (χ0n) is 18.8. The molecular weight excluding hydrogens is 386 g/mol. The number of aromatic nitrogens is 1. The molecule has 2 aromatic rings. The average Bonchev–Trinajstić information content (AvgIpc) is 2.75. The minimum atomic E-state index is -0.370. The lowest BCUT2D eigenvalue weighted by molar-refractivity contribution is -0.147. The highest BCUT2D eigenvalue weighted by Gasteiger charge is 2.54. The highest BCUT2D eigenvalue weighted by atomic mass is 16.5. The van der Waals surface area contributed by atoms with Gasteiger partial charge in [0.05, 0.1) is 11.1 Å². The van der Waals surface area contributed by atoms with E-state index in [2.05, 4.69) is 13.8 Å². The Kier molecular flexibility index (Phi) is 5.35. The summed E-state index contributed by atoms with van der Waals surface area (Å²) in [5, 5.41) is 0.825. The molecule has 4 fully saturated rings. The molecule has 1 aromatic carbocycles. The van der Waals surface area contributed by atoms with E-state index in [4.69, 9.17) is 9.72 Å². The van der Waals surface area contributed by atoms with E-state index in [-0.39, 0.29) is 23.8 Å². The van der Waals surface area contributed by atoms with Crippen molar-refractivity contribution >= 4 is 22.7 Å². The number of ether oxygens (including phenoxy) is 1. The maximum absolute atomic E-state index is 13.3. The molecule has 1 heterocycles. The predicted molar refractivity (Wildman–Crippen MR) is 121 cm³/mol. The van der Waals surface area contributed by atoms with Crippen molar-refractivity contribution in [1.29, 1.82) is 0 Å². The van der Waals surface area contributed by atoms with Crippen LogP contribution in [0, 0.1) is 23.2 Å². The van der Waals surface area contributed by atoms with Gasteiger partial charge in [0.15, 0.2) is 12.4 Å². The normalized spacial score (nSPS) is 28.8. The average molecular weight is 420 g/mol. The van der Waals surface area contributed by atoms with Crippen LogP contribution in [0.2, 0.25) is 0 Å². The van der Waals surface area contributed by atoms with Crippen molar-refractivity contribution in [3.63, 3.8) is 0 Å². The Morgan fingerprint density at radius 3 is 2.29 bits per heavy atom. The molecule has 6 rings (SSSR count). The Balaban J connectivity index is 1.40. The summed E-state index contributed by atoms with van der Waals surface area (Å²) in [6, 6.07) is 7.77. The van der Waals surface area contributed by atoms with E-state index in [0.717, 1.165) is 60.7 Å². The van der Waals surface area contributed by atoms with Gasteiger partial charge in [-0.15, -0.1) is 0 Å². The van der Waals surface area contributed by atoms with Gasteiger partial charge in [-0.05, 0) is 80.8 Å². The number of ketones is 1. The van der Waals surface area contributed by atoms with E-state index < -0.39 is 0 Å². The third-order valence-corrected chi connectivity index (χ3v) is 8.09. The number of esters is 1. The van der Waals surface area contributed by atoms with E-state index in [1.165, 1.54) is 19.3 Å². The molecule has 4 nitrogen and oxygen atoms in total. The quantitative estimate of drug-likeness (QED) is 0.541. The van der Waals surface area contributed by atoms with Gasteiger partial charge in [-0.1, -0.05) is 38.5 Å². The monoisotopic (exact) mass is 419 g/mol. The highest BCUT2D eigenvalue weighted by Crippen LogP contribution is 2.60. The molecule has 0 saturated heterocycles. The molecule has 4 heteroatoms. The van der Waals surface area contributed by atoms with Crippen LogP contribution in [0.15, 0.2) is 24.3 Å². The van der Waals surface area contributed by atoms with Gasteiger partial charge in [-0.2, -0.15) is 0 Å². The first-order valence-electron chi connectivity index (χ1n) is 12.1. The topological polar surface area (TPSA) is 56.3 Å². The molecule has 164 valence electrons. The summed E-state index contributed by atoms with van der Waals surface area (Å²) in [6.45, 7) is 4.09. The van der Waals surface area contributed by atoms with Crippen LogP contribution in [0.3, 0.4) is 0 Å². The third kappa shape index (κ3) is 3.58. The summed E-state index contributed by atoms with van der Waals surface area (Å²) < 4.78 is 5.75. The Hall–Kier alpha value is -2.23. The van der Waals surface area contributed by atoms with Gasteiger partial charge < -0.3 is 4.74 Å². The molecule has 4 bridgehead atoms. The maximum atomic E-state index is 13.3. The van der Waals surface area contributed by atoms with Crippen LogP contribution in [0.1, 0.15) is 80.4 Å². The fourth-order valence-electron chi connectivity index (χ4n) is 7.17. The van der Waals surface area contributed by atoms with Crippen LogP contribution in [0.4, 0.5) is 0 Å². The molecule has 0 unspecified atom stereocenters. The number of para-hydroxylation sites is 1. The van der Waals surface area contributed by atoms with Gasteiger partial charge in [0, 0.05) is 16.5 Å². The maximum Gasteiger partial charge on any atom is 0.339 e. The number of Topliss-reactive ketones (excluding diaryl/α,β-unsaturated/α-hetero) is 1. The first kappa shape index (κ1) is 20.7. The molecule has 4 aliphatic carbocycles. The van der Waals surface area contributed by atoms with Crippen molar-refractivity contribution in [1.82, 2.24) is 4.98 Å². The third-order valence-electron chi connectivity index (χ3n) is 8.09. The first-order chi connectivity index (χ1) is 15.0. The van der Waals surface area contributed by atoms with Gasteiger partial charge in [0.2, 0.25) is 0 Å². The number of hydrogen-bond acceptors (Lipinski definition) is 4. The Morgan fingerprint density at radius 1 is 1.03 bits per heavy atom. The van der Waals surface area contributed by atoms with Crippen molar-refractivity contribution in [2.45, 2.75) is 71.6 Å². The van der Waals surface area contributed by atoms with E-state index in [1.807, 2.05) is 24.3 Å². The van der Waals surface area contributed by atoms with Crippen LogP contribution in [-0.2, 0) is 22.4 Å².